The average molecular weight is 308 g/mol. The lowest BCUT2D eigenvalue weighted by Gasteiger charge is -2.45. The maximum Gasteiger partial charge on any atom is 0.0943 e. The highest BCUT2D eigenvalue weighted by atomic mass is 32.1. The molecular formula is C17H28N2OS. The van der Waals surface area contributed by atoms with Gasteiger partial charge in [0, 0.05) is 30.1 Å². The summed E-state index contributed by atoms with van der Waals surface area (Å²) >= 11 is 1.80. The fourth-order valence-electron chi connectivity index (χ4n) is 4.14. The quantitative estimate of drug-likeness (QED) is 0.920. The molecule has 0 amide bonds. The predicted molar refractivity (Wildman–Crippen MR) is 87.9 cm³/mol. The number of likely N-dealkylation sites (N-methyl/N-ethyl adjacent to an activating group) is 1. The molecule has 2 fully saturated rings. The van der Waals surface area contributed by atoms with E-state index in [9.17, 15) is 0 Å². The molecule has 0 radical (unpaired) electrons. The van der Waals surface area contributed by atoms with E-state index in [1.165, 1.54) is 50.0 Å². The summed E-state index contributed by atoms with van der Waals surface area (Å²) < 4.78 is 6.24. The van der Waals surface area contributed by atoms with Crippen molar-refractivity contribution in [1.29, 1.82) is 0 Å². The van der Waals surface area contributed by atoms with Crippen LogP contribution in [0.4, 0.5) is 0 Å². The van der Waals surface area contributed by atoms with E-state index in [2.05, 4.69) is 29.7 Å². The van der Waals surface area contributed by atoms with Crippen LogP contribution in [0.15, 0.2) is 5.38 Å². The number of aryl methyl sites for hydroxylation is 1. The van der Waals surface area contributed by atoms with Gasteiger partial charge in [-0.25, -0.2) is 4.98 Å². The maximum atomic E-state index is 6.24. The minimum Gasteiger partial charge on any atom is -0.375 e. The fourth-order valence-corrected chi connectivity index (χ4v) is 4.97. The van der Waals surface area contributed by atoms with Gasteiger partial charge in [0.25, 0.3) is 0 Å². The molecule has 1 aliphatic heterocycles. The molecule has 1 aromatic rings. The van der Waals surface area contributed by atoms with Gasteiger partial charge in [-0.15, -0.1) is 11.3 Å². The van der Waals surface area contributed by atoms with E-state index in [1.54, 1.807) is 11.3 Å². The van der Waals surface area contributed by atoms with Gasteiger partial charge in [0.05, 0.1) is 10.6 Å². The summed E-state index contributed by atoms with van der Waals surface area (Å²) in [7, 11) is 2.11. The number of hydrogen-bond acceptors (Lipinski definition) is 4. The third-order valence-corrected chi connectivity index (χ3v) is 6.29. The Morgan fingerprint density at radius 1 is 1.43 bits per heavy atom. The zero-order valence-electron chi connectivity index (χ0n) is 13.4. The van der Waals surface area contributed by atoms with Crippen LogP contribution in [0.25, 0.3) is 0 Å². The van der Waals surface area contributed by atoms with Gasteiger partial charge in [0.2, 0.25) is 0 Å². The molecular weight excluding hydrogens is 280 g/mol. The van der Waals surface area contributed by atoms with Crippen LogP contribution in [0.2, 0.25) is 0 Å². The first-order valence-electron chi connectivity index (χ1n) is 8.43. The first-order chi connectivity index (χ1) is 10.2. The molecule has 1 aliphatic carbocycles. The summed E-state index contributed by atoms with van der Waals surface area (Å²) in [6.45, 7) is 3.03. The summed E-state index contributed by atoms with van der Waals surface area (Å²) in [5.41, 5.74) is 1.36. The van der Waals surface area contributed by atoms with Gasteiger partial charge in [0.1, 0.15) is 0 Å². The van der Waals surface area contributed by atoms with E-state index in [4.69, 9.17) is 4.74 Å². The van der Waals surface area contributed by atoms with Crippen molar-refractivity contribution < 1.29 is 4.74 Å². The van der Waals surface area contributed by atoms with Crippen molar-refractivity contribution in [2.45, 2.75) is 69.9 Å². The lowest BCUT2D eigenvalue weighted by molar-refractivity contribution is -0.121. The summed E-state index contributed by atoms with van der Waals surface area (Å²) in [4.78, 5) is 4.64. The number of thiazole rings is 1. The highest BCUT2D eigenvalue weighted by Gasteiger charge is 2.40. The van der Waals surface area contributed by atoms with Crippen LogP contribution < -0.4 is 5.32 Å². The standard InChI is InChI=1S/C17H28N2OS/c1-13-12-21-16(19-13)10-15(18-2)14-6-9-20-17(11-14)7-4-3-5-8-17/h12,14-15,18H,3-11H2,1-2H3. The highest BCUT2D eigenvalue weighted by molar-refractivity contribution is 7.09. The van der Waals surface area contributed by atoms with E-state index in [0.717, 1.165) is 24.6 Å². The number of rotatable bonds is 4. The predicted octanol–water partition coefficient (Wildman–Crippen LogP) is 3.71. The van der Waals surface area contributed by atoms with Gasteiger partial charge in [-0.05, 0) is 45.6 Å². The van der Waals surface area contributed by atoms with Crippen LogP contribution in [0.3, 0.4) is 0 Å². The second-order valence-corrected chi connectivity index (χ2v) is 7.77. The lowest BCUT2D eigenvalue weighted by atomic mass is 9.73. The Bertz CT molecular complexity index is 448. The van der Waals surface area contributed by atoms with Crippen molar-refractivity contribution >= 4 is 11.3 Å². The number of nitrogens with zero attached hydrogens (tertiary/aromatic N) is 1. The molecule has 2 aliphatic rings. The van der Waals surface area contributed by atoms with E-state index in [1.807, 2.05) is 0 Å². The van der Waals surface area contributed by atoms with Gasteiger partial charge in [-0.1, -0.05) is 19.3 Å². The molecule has 1 spiro atoms. The van der Waals surface area contributed by atoms with Crippen molar-refractivity contribution in [3.05, 3.63) is 16.1 Å². The molecule has 1 aromatic heterocycles. The van der Waals surface area contributed by atoms with Gasteiger partial charge in [-0.2, -0.15) is 0 Å². The van der Waals surface area contributed by atoms with E-state index < -0.39 is 0 Å². The van der Waals surface area contributed by atoms with Crippen molar-refractivity contribution in [3.8, 4) is 0 Å². The van der Waals surface area contributed by atoms with E-state index in [0.29, 0.717) is 6.04 Å². The fraction of sp³-hybridized carbons (Fsp3) is 0.824. The van der Waals surface area contributed by atoms with Crippen molar-refractivity contribution in [3.63, 3.8) is 0 Å². The van der Waals surface area contributed by atoms with Crippen molar-refractivity contribution in [2.24, 2.45) is 5.92 Å². The molecule has 0 aromatic carbocycles. The Morgan fingerprint density at radius 3 is 2.90 bits per heavy atom. The molecule has 118 valence electrons. The molecule has 0 bridgehead atoms. The Morgan fingerprint density at radius 2 is 2.24 bits per heavy atom. The summed E-state index contributed by atoms with van der Waals surface area (Å²) in [6, 6.07) is 0.540. The third kappa shape index (κ3) is 3.66. The number of nitrogens with one attached hydrogen (secondary N) is 1. The van der Waals surface area contributed by atoms with Gasteiger partial charge in [0.15, 0.2) is 0 Å². The summed E-state index contributed by atoms with van der Waals surface area (Å²) in [5, 5.41) is 7.00. The normalized spacial score (nSPS) is 26.9. The van der Waals surface area contributed by atoms with Crippen molar-refractivity contribution in [2.75, 3.05) is 13.7 Å². The SMILES string of the molecule is CNC(Cc1nc(C)cs1)C1CCOC2(CCCCC2)C1. The van der Waals surface area contributed by atoms with E-state index >= 15 is 0 Å². The average Bonchev–Trinajstić information content (AvgIpc) is 2.91. The molecule has 2 heterocycles. The number of aromatic nitrogens is 1. The molecule has 2 unspecified atom stereocenters. The smallest absolute Gasteiger partial charge is 0.0943 e. The first kappa shape index (κ1) is 15.4. The number of hydrogen-bond donors (Lipinski definition) is 1. The zero-order valence-corrected chi connectivity index (χ0v) is 14.2. The van der Waals surface area contributed by atoms with Crippen LogP contribution >= 0.6 is 11.3 Å². The van der Waals surface area contributed by atoms with Gasteiger partial charge < -0.3 is 10.1 Å². The molecule has 3 rings (SSSR count). The monoisotopic (exact) mass is 308 g/mol. The maximum absolute atomic E-state index is 6.24. The van der Waals surface area contributed by atoms with Gasteiger partial charge >= 0.3 is 0 Å². The minimum absolute atomic E-state index is 0.203. The largest absolute Gasteiger partial charge is 0.375 e. The van der Waals surface area contributed by atoms with E-state index in [-0.39, 0.29) is 5.60 Å². The molecule has 4 heteroatoms. The summed E-state index contributed by atoms with van der Waals surface area (Å²) in [5.74, 6) is 0.728. The zero-order chi connectivity index (χ0) is 14.7. The number of ether oxygens (including phenoxy) is 1. The minimum atomic E-state index is 0.203. The second kappa shape index (κ2) is 6.76. The second-order valence-electron chi connectivity index (χ2n) is 6.83. The molecule has 21 heavy (non-hydrogen) atoms. The third-order valence-electron chi connectivity index (χ3n) is 5.30. The molecule has 3 nitrogen and oxygen atoms in total. The topological polar surface area (TPSA) is 34.2 Å². The molecule has 2 atom stereocenters. The van der Waals surface area contributed by atoms with Crippen LogP contribution in [-0.4, -0.2) is 30.3 Å². The van der Waals surface area contributed by atoms with Gasteiger partial charge in [-0.3, -0.25) is 0 Å². The first-order valence-corrected chi connectivity index (χ1v) is 9.31. The lowest BCUT2D eigenvalue weighted by Crippen LogP contribution is -2.47. The van der Waals surface area contributed by atoms with Crippen molar-refractivity contribution in [1.82, 2.24) is 10.3 Å². The molecule has 1 saturated heterocycles. The highest BCUT2D eigenvalue weighted by Crippen LogP contribution is 2.41. The molecule has 1 saturated carbocycles. The molecule has 1 N–H and O–H groups in total. The Hall–Kier alpha value is -0.450. The Balaban J connectivity index is 1.65. The Labute approximate surface area is 132 Å². The van der Waals surface area contributed by atoms with Crippen LogP contribution in [-0.2, 0) is 11.2 Å². The van der Waals surface area contributed by atoms with Crippen LogP contribution in [0, 0.1) is 12.8 Å². The van der Waals surface area contributed by atoms with Crippen LogP contribution in [0.5, 0.6) is 0 Å². The summed E-state index contributed by atoms with van der Waals surface area (Å²) in [6.07, 6.45) is 10.1. The Kier molecular flexibility index (Phi) is 4.97. The van der Waals surface area contributed by atoms with Crippen LogP contribution in [0.1, 0.15) is 55.6 Å².